The van der Waals surface area contributed by atoms with Gasteiger partial charge in [0.05, 0.1) is 10.9 Å². The first-order chi connectivity index (χ1) is 13.4. The standard InChI is InChI=1S/C20H24ClN3O4S/c1-11-10-12(2)14(4)18(13(11)3)29(27,28)24-15(5)19(25)22-23-20(26)16-6-8-17(21)9-7-16/h6-10,15,24H,1-5H3,(H,22,25)(H,23,26)/t15-/m0/s1. The first-order valence-corrected chi connectivity index (χ1v) is 10.8. The summed E-state index contributed by atoms with van der Waals surface area (Å²) in [6.07, 6.45) is 0. The van der Waals surface area contributed by atoms with Gasteiger partial charge in [0.15, 0.2) is 0 Å². The second-order valence-corrected chi connectivity index (χ2v) is 8.97. The van der Waals surface area contributed by atoms with Crippen LogP contribution in [0.4, 0.5) is 0 Å². The van der Waals surface area contributed by atoms with Gasteiger partial charge in [-0.2, -0.15) is 4.72 Å². The number of halogens is 1. The highest BCUT2D eigenvalue weighted by Gasteiger charge is 2.26. The summed E-state index contributed by atoms with van der Waals surface area (Å²) in [6.45, 7) is 8.53. The Bertz CT molecular complexity index is 1020. The lowest BCUT2D eigenvalue weighted by Crippen LogP contribution is -2.51. The Kier molecular flexibility index (Phi) is 7.05. The third kappa shape index (κ3) is 5.35. The zero-order valence-corrected chi connectivity index (χ0v) is 18.5. The molecule has 0 saturated carbocycles. The van der Waals surface area contributed by atoms with E-state index in [4.69, 9.17) is 11.6 Å². The molecule has 0 aliphatic heterocycles. The Morgan fingerprint density at radius 1 is 0.931 bits per heavy atom. The predicted molar refractivity (Wildman–Crippen MR) is 112 cm³/mol. The lowest BCUT2D eigenvalue weighted by Gasteiger charge is -2.19. The maximum Gasteiger partial charge on any atom is 0.269 e. The van der Waals surface area contributed by atoms with Crippen molar-refractivity contribution in [1.82, 2.24) is 15.6 Å². The minimum Gasteiger partial charge on any atom is -0.271 e. The monoisotopic (exact) mass is 437 g/mol. The fourth-order valence-corrected chi connectivity index (χ4v) is 4.77. The van der Waals surface area contributed by atoms with E-state index in [1.165, 1.54) is 19.1 Å². The summed E-state index contributed by atoms with van der Waals surface area (Å²) in [6, 6.07) is 6.91. The van der Waals surface area contributed by atoms with E-state index in [1.54, 1.807) is 26.0 Å². The fourth-order valence-electron chi connectivity index (χ4n) is 2.83. The predicted octanol–water partition coefficient (Wildman–Crippen LogP) is 2.70. The minimum absolute atomic E-state index is 0.167. The van der Waals surface area contributed by atoms with Crippen LogP contribution in [-0.2, 0) is 14.8 Å². The Morgan fingerprint density at radius 2 is 1.45 bits per heavy atom. The summed E-state index contributed by atoms with van der Waals surface area (Å²) in [5.41, 5.74) is 7.72. The zero-order valence-electron chi connectivity index (χ0n) is 16.9. The van der Waals surface area contributed by atoms with Gasteiger partial charge in [-0.25, -0.2) is 8.42 Å². The molecule has 0 aromatic heterocycles. The molecule has 7 nitrogen and oxygen atoms in total. The van der Waals surface area contributed by atoms with Crippen molar-refractivity contribution in [3.63, 3.8) is 0 Å². The van der Waals surface area contributed by atoms with Crippen molar-refractivity contribution in [3.05, 3.63) is 63.2 Å². The number of hydrogen-bond donors (Lipinski definition) is 3. The van der Waals surface area contributed by atoms with Gasteiger partial charge in [-0.15, -0.1) is 0 Å². The van der Waals surface area contributed by atoms with E-state index >= 15 is 0 Å². The molecule has 2 aromatic carbocycles. The van der Waals surface area contributed by atoms with Gasteiger partial charge < -0.3 is 0 Å². The van der Waals surface area contributed by atoms with Crippen LogP contribution in [0.5, 0.6) is 0 Å². The number of benzene rings is 2. The molecular weight excluding hydrogens is 414 g/mol. The summed E-state index contributed by atoms with van der Waals surface area (Å²) in [7, 11) is -3.94. The zero-order chi connectivity index (χ0) is 21.9. The molecule has 156 valence electrons. The molecule has 2 rings (SSSR count). The quantitative estimate of drug-likeness (QED) is 0.625. The SMILES string of the molecule is Cc1cc(C)c(C)c(S(=O)(=O)N[C@@H](C)C(=O)NNC(=O)c2ccc(Cl)cc2)c1C. The van der Waals surface area contributed by atoms with Crippen molar-refractivity contribution in [2.45, 2.75) is 45.6 Å². The van der Waals surface area contributed by atoms with Crippen molar-refractivity contribution in [1.29, 1.82) is 0 Å². The number of sulfonamides is 1. The molecule has 0 spiro atoms. The van der Waals surface area contributed by atoms with E-state index in [2.05, 4.69) is 15.6 Å². The Hall–Kier alpha value is -2.42. The van der Waals surface area contributed by atoms with Crippen LogP contribution < -0.4 is 15.6 Å². The van der Waals surface area contributed by atoms with E-state index in [0.29, 0.717) is 21.7 Å². The van der Waals surface area contributed by atoms with Crippen LogP contribution in [0.25, 0.3) is 0 Å². The summed E-state index contributed by atoms with van der Waals surface area (Å²) in [4.78, 5) is 24.5. The van der Waals surface area contributed by atoms with Crippen molar-refractivity contribution < 1.29 is 18.0 Å². The van der Waals surface area contributed by atoms with Gasteiger partial charge >= 0.3 is 0 Å². The molecule has 0 aliphatic carbocycles. The van der Waals surface area contributed by atoms with Crippen LogP contribution in [0.1, 0.15) is 39.5 Å². The summed E-state index contributed by atoms with van der Waals surface area (Å²) in [5, 5.41) is 0.477. The van der Waals surface area contributed by atoms with Crippen LogP contribution in [0.3, 0.4) is 0 Å². The van der Waals surface area contributed by atoms with Crippen LogP contribution in [-0.4, -0.2) is 26.3 Å². The van der Waals surface area contributed by atoms with Crippen molar-refractivity contribution in [3.8, 4) is 0 Å². The number of carbonyl (C=O) groups excluding carboxylic acids is 2. The smallest absolute Gasteiger partial charge is 0.269 e. The molecule has 3 N–H and O–H groups in total. The molecule has 0 bridgehead atoms. The van der Waals surface area contributed by atoms with Crippen LogP contribution >= 0.6 is 11.6 Å². The number of nitrogens with one attached hydrogen (secondary N) is 3. The lowest BCUT2D eigenvalue weighted by atomic mass is 10.0. The lowest BCUT2D eigenvalue weighted by molar-refractivity contribution is -0.123. The van der Waals surface area contributed by atoms with Crippen molar-refractivity contribution in [2.24, 2.45) is 0 Å². The van der Waals surface area contributed by atoms with Gasteiger partial charge in [0.25, 0.3) is 11.8 Å². The number of amides is 2. The maximum absolute atomic E-state index is 12.9. The van der Waals surface area contributed by atoms with Gasteiger partial charge in [-0.3, -0.25) is 20.4 Å². The molecule has 0 saturated heterocycles. The highest BCUT2D eigenvalue weighted by molar-refractivity contribution is 7.89. The molecule has 9 heteroatoms. The maximum atomic E-state index is 12.9. The number of aryl methyl sites for hydroxylation is 2. The highest BCUT2D eigenvalue weighted by Crippen LogP contribution is 2.26. The molecule has 0 fully saturated rings. The molecule has 0 heterocycles. The first kappa shape index (κ1) is 22.9. The van der Waals surface area contributed by atoms with Crippen molar-refractivity contribution >= 4 is 33.4 Å². The normalized spacial score (nSPS) is 12.3. The van der Waals surface area contributed by atoms with Gasteiger partial charge in [-0.1, -0.05) is 17.7 Å². The molecule has 0 radical (unpaired) electrons. The number of rotatable bonds is 5. The third-order valence-electron chi connectivity index (χ3n) is 4.70. The average molecular weight is 438 g/mol. The largest absolute Gasteiger partial charge is 0.271 e. The van der Waals surface area contributed by atoms with Gasteiger partial charge in [0.1, 0.15) is 0 Å². The molecule has 29 heavy (non-hydrogen) atoms. The summed E-state index contributed by atoms with van der Waals surface area (Å²) < 4.78 is 28.2. The second-order valence-electron chi connectivity index (χ2n) is 6.88. The van der Waals surface area contributed by atoms with Crippen LogP contribution in [0.2, 0.25) is 5.02 Å². The first-order valence-electron chi connectivity index (χ1n) is 8.89. The minimum atomic E-state index is -3.94. The van der Waals surface area contributed by atoms with Gasteiger partial charge in [0, 0.05) is 10.6 Å². The topological polar surface area (TPSA) is 104 Å². The third-order valence-corrected chi connectivity index (χ3v) is 6.76. The Morgan fingerprint density at radius 3 is 1.97 bits per heavy atom. The molecular formula is C20H24ClN3O4S. The average Bonchev–Trinajstić information content (AvgIpc) is 2.64. The molecule has 2 amide bonds. The van der Waals surface area contributed by atoms with E-state index in [9.17, 15) is 18.0 Å². The van der Waals surface area contributed by atoms with Gasteiger partial charge in [-0.05, 0) is 81.1 Å². The van der Waals surface area contributed by atoms with Crippen LogP contribution in [0.15, 0.2) is 35.2 Å². The van der Waals surface area contributed by atoms with E-state index in [1.807, 2.05) is 19.9 Å². The number of hydrogen-bond acceptors (Lipinski definition) is 4. The Balaban J connectivity index is 2.09. The number of carbonyl (C=O) groups is 2. The molecule has 1 atom stereocenters. The highest BCUT2D eigenvalue weighted by atomic mass is 35.5. The van der Waals surface area contributed by atoms with Crippen LogP contribution in [0, 0.1) is 27.7 Å². The number of hydrazine groups is 1. The molecule has 0 unspecified atom stereocenters. The Labute approximate surface area is 175 Å². The fraction of sp³-hybridized carbons (Fsp3) is 0.300. The van der Waals surface area contributed by atoms with E-state index in [-0.39, 0.29) is 4.90 Å². The van der Waals surface area contributed by atoms with E-state index < -0.39 is 27.9 Å². The summed E-state index contributed by atoms with van der Waals surface area (Å²) in [5.74, 6) is -1.25. The van der Waals surface area contributed by atoms with E-state index in [0.717, 1.165) is 11.1 Å². The van der Waals surface area contributed by atoms with Crippen molar-refractivity contribution in [2.75, 3.05) is 0 Å². The molecule has 2 aromatic rings. The summed E-state index contributed by atoms with van der Waals surface area (Å²) >= 11 is 5.77. The van der Waals surface area contributed by atoms with Gasteiger partial charge in [0.2, 0.25) is 10.0 Å². The molecule has 0 aliphatic rings. The second kappa shape index (κ2) is 8.94.